The van der Waals surface area contributed by atoms with Gasteiger partial charge < -0.3 is 10.2 Å². The van der Waals surface area contributed by atoms with Crippen molar-refractivity contribution in [3.63, 3.8) is 0 Å². The van der Waals surface area contributed by atoms with E-state index in [1.165, 1.54) is 12.1 Å². The van der Waals surface area contributed by atoms with Crippen LogP contribution in [0.1, 0.15) is 6.92 Å². The number of para-hydroxylation sites is 1. The summed E-state index contributed by atoms with van der Waals surface area (Å²) in [5.41, 5.74) is 0.358. The summed E-state index contributed by atoms with van der Waals surface area (Å²) in [5, 5.41) is 3.09. The normalized spacial score (nSPS) is 16.4. The predicted octanol–water partition coefficient (Wildman–Crippen LogP) is 1.48. The summed E-state index contributed by atoms with van der Waals surface area (Å²) < 4.78 is 48.9. The second-order valence-electron chi connectivity index (χ2n) is 4.37. The number of nitrogens with one attached hydrogen (secondary N) is 1. The molecule has 0 spiro atoms. The van der Waals surface area contributed by atoms with Gasteiger partial charge in [0.1, 0.15) is 0 Å². The second kappa shape index (κ2) is 5.42. The molecule has 19 heavy (non-hydrogen) atoms. The highest BCUT2D eigenvalue weighted by molar-refractivity contribution is 7.91. The lowest BCUT2D eigenvalue weighted by Crippen LogP contribution is -2.57. The van der Waals surface area contributed by atoms with Gasteiger partial charge in [-0.3, -0.25) is 0 Å². The fraction of sp³-hybridized carbons (Fsp3) is 0.500. The van der Waals surface area contributed by atoms with E-state index in [1.54, 1.807) is 12.1 Å². The van der Waals surface area contributed by atoms with E-state index in [9.17, 15) is 17.2 Å². The van der Waals surface area contributed by atoms with Crippen molar-refractivity contribution in [1.82, 2.24) is 5.32 Å². The summed E-state index contributed by atoms with van der Waals surface area (Å²) >= 11 is 0. The number of sulfone groups is 1. The van der Waals surface area contributed by atoms with Crippen LogP contribution in [0.15, 0.2) is 29.2 Å². The van der Waals surface area contributed by atoms with E-state index in [4.69, 9.17) is 0 Å². The molecule has 0 aromatic heterocycles. The third-order valence-corrected chi connectivity index (χ3v) is 4.68. The zero-order valence-electron chi connectivity index (χ0n) is 10.5. The average molecular weight is 290 g/mol. The highest BCUT2D eigenvalue weighted by Crippen LogP contribution is 2.30. The van der Waals surface area contributed by atoms with E-state index in [-0.39, 0.29) is 10.9 Å². The number of hydrogen-bond donors (Lipinski definition) is 1. The van der Waals surface area contributed by atoms with E-state index in [2.05, 4.69) is 5.32 Å². The van der Waals surface area contributed by atoms with Gasteiger partial charge in [-0.15, -0.1) is 0 Å². The Morgan fingerprint density at radius 2 is 2.00 bits per heavy atom. The van der Waals surface area contributed by atoms with Crippen LogP contribution in [0.2, 0.25) is 0 Å². The third-order valence-electron chi connectivity index (χ3n) is 3.26. The monoisotopic (exact) mass is 290 g/mol. The first kappa shape index (κ1) is 14.2. The van der Waals surface area contributed by atoms with Crippen LogP contribution in [0, 0.1) is 0 Å². The van der Waals surface area contributed by atoms with Crippen molar-refractivity contribution in [2.75, 3.05) is 24.5 Å². The Labute approximate surface area is 111 Å². The standard InChI is InChI=1S/C12H16F2N2O2S/c1-2-16(9-7-15-8-9)10-5-3-4-6-11(10)19(17,18)12(13)14/h3-6,9,12,15H,2,7-8H2,1H3. The lowest BCUT2D eigenvalue weighted by molar-refractivity contribution is 0.234. The highest BCUT2D eigenvalue weighted by Gasteiger charge is 2.33. The van der Waals surface area contributed by atoms with Gasteiger partial charge in [0.2, 0.25) is 9.84 Å². The molecule has 0 bridgehead atoms. The first-order chi connectivity index (χ1) is 8.98. The zero-order valence-corrected chi connectivity index (χ0v) is 11.3. The van der Waals surface area contributed by atoms with Gasteiger partial charge in [-0.2, -0.15) is 8.78 Å². The molecule has 1 heterocycles. The third kappa shape index (κ3) is 2.57. The van der Waals surface area contributed by atoms with Crippen molar-refractivity contribution in [3.05, 3.63) is 24.3 Å². The van der Waals surface area contributed by atoms with Crippen LogP contribution in [0.5, 0.6) is 0 Å². The Morgan fingerprint density at radius 3 is 2.47 bits per heavy atom. The molecule has 1 aromatic carbocycles. The molecule has 1 aliphatic heterocycles. The molecular formula is C12H16F2N2O2S. The Kier molecular flexibility index (Phi) is 4.05. The topological polar surface area (TPSA) is 49.4 Å². The van der Waals surface area contributed by atoms with E-state index in [0.29, 0.717) is 12.2 Å². The first-order valence-electron chi connectivity index (χ1n) is 6.07. The Balaban J connectivity index is 2.46. The van der Waals surface area contributed by atoms with Crippen LogP contribution in [-0.2, 0) is 9.84 Å². The molecule has 1 saturated heterocycles. The first-order valence-corrected chi connectivity index (χ1v) is 7.61. The summed E-state index contributed by atoms with van der Waals surface area (Å²) in [6.45, 7) is 3.92. The smallest absolute Gasteiger partial charge is 0.341 e. The van der Waals surface area contributed by atoms with Gasteiger partial charge in [0.25, 0.3) is 0 Å². The molecule has 106 valence electrons. The molecule has 7 heteroatoms. The maximum atomic E-state index is 12.7. The van der Waals surface area contributed by atoms with Crippen LogP contribution < -0.4 is 10.2 Å². The molecule has 0 atom stereocenters. The lowest BCUT2D eigenvalue weighted by atomic mass is 10.1. The average Bonchev–Trinajstić information content (AvgIpc) is 2.33. The number of halogens is 2. The number of alkyl halides is 2. The lowest BCUT2D eigenvalue weighted by Gasteiger charge is -2.40. The van der Waals surface area contributed by atoms with Gasteiger partial charge in [0, 0.05) is 19.6 Å². The SMILES string of the molecule is CCN(c1ccccc1S(=O)(=O)C(F)F)C1CNC1. The molecular weight excluding hydrogens is 274 g/mol. The second-order valence-corrected chi connectivity index (χ2v) is 6.26. The van der Waals surface area contributed by atoms with Crippen molar-refractivity contribution in [1.29, 1.82) is 0 Å². The molecule has 2 rings (SSSR count). The Hall–Kier alpha value is -1.21. The van der Waals surface area contributed by atoms with Crippen molar-refractivity contribution in [3.8, 4) is 0 Å². The van der Waals surface area contributed by atoms with E-state index in [0.717, 1.165) is 13.1 Å². The number of nitrogens with zero attached hydrogens (tertiary/aromatic N) is 1. The molecule has 1 N–H and O–H groups in total. The van der Waals surface area contributed by atoms with E-state index in [1.807, 2.05) is 11.8 Å². The minimum absolute atomic E-state index is 0.152. The van der Waals surface area contributed by atoms with Crippen molar-refractivity contribution >= 4 is 15.5 Å². The van der Waals surface area contributed by atoms with Crippen LogP contribution in [0.3, 0.4) is 0 Å². The minimum atomic E-state index is -4.58. The molecule has 1 aromatic rings. The fourth-order valence-corrected chi connectivity index (χ4v) is 3.09. The van der Waals surface area contributed by atoms with Crippen LogP contribution in [0.25, 0.3) is 0 Å². The quantitative estimate of drug-likeness (QED) is 0.892. The molecule has 1 aliphatic rings. The van der Waals surface area contributed by atoms with Gasteiger partial charge in [0.05, 0.1) is 16.6 Å². The van der Waals surface area contributed by atoms with Crippen LogP contribution >= 0.6 is 0 Å². The maximum Gasteiger partial charge on any atom is 0.341 e. The van der Waals surface area contributed by atoms with E-state index >= 15 is 0 Å². The van der Waals surface area contributed by atoms with E-state index < -0.39 is 15.6 Å². The van der Waals surface area contributed by atoms with Gasteiger partial charge in [-0.1, -0.05) is 12.1 Å². The fourth-order valence-electron chi connectivity index (χ4n) is 2.15. The molecule has 0 amide bonds. The summed E-state index contributed by atoms with van der Waals surface area (Å²) in [7, 11) is -4.58. The van der Waals surface area contributed by atoms with Crippen molar-refractivity contribution < 1.29 is 17.2 Å². The number of rotatable bonds is 5. The van der Waals surface area contributed by atoms with Crippen LogP contribution in [0.4, 0.5) is 14.5 Å². The molecule has 0 saturated carbocycles. The largest absolute Gasteiger partial charge is 0.365 e. The molecule has 0 radical (unpaired) electrons. The Morgan fingerprint density at radius 1 is 1.37 bits per heavy atom. The summed E-state index contributed by atoms with van der Waals surface area (Å²) in [6, 6.07) is 6.10. The molecule has 1 fully saturated rings. The highest BCUT2D eigenvalue weighted by atomic mass is 32.2. The predicted molar refractivity (Wildman–Crippen MR) is 69.3 cm³/mol. The number of likely N-dealkylation sites (N-methyl/N-ethyl adjacent to an activating group) is 1. The summed E-state index contributed by atoms with van der Waals surface area (Å²) in [6.07, 6.45) is 0. The molecule has 4 nitrogen and oxygen atoms in total. The molecule has 0 aliphatic carbocycles. The zero-order chi connectivity index (χ0) is 14.0. The van der Waals surface area contributed by atoms with Crippen molar-refractivity contribution in [2.45, 2.75) is 23.6 Å². The number of hydrogen-bond acceptors (Lipinski definition) is 4. The van der Waals surface area contributed by atoms with Crippen molar-refractivity contribution in [2.24, 2.45) is 0 Å². The van der Waals surface area contributed by atoms with Gasteiger partial charge in [-0.25, -0.2) is 8.42 Å². The van der Waals surface area contributed by atoms with Gasteiger partial charge >= 0.3 is 5.76 Å². The minimum Gasteiger partial charge on any atom is -0.365 e. The number of benzene rings is 1. The summed E-state index contributed by atoms with van der Waals surface area (Å²) in [4.78, 5) is 1.56. The van der Waals surface area contributed by atoms with Crippen LogP contribution in [-0.4, -0.2) is 39.9 Å². The van der Waals surface area contributed by atoms with Gasteiger partial charge in [-0.05, 0) is 19.1 Å². The van der Waals surface area contributed by atoms with Gasteiger partial charge in [0.15, 0.2) is 0 Å². The maximum absolute atomic E-state index is 12.7. The Bertz CT molecular complexity index is 544. The molecule has 0 unspecified atom stereocenters. The summed E-state index contributed by atoms with van der Waals surface area (Å²) in [5.74, 6) is -3.40. The number of anilines is 1.